The van der Waals surface area contributed by atoms with Crippen LogP contribution in [0.1, 0.15) is 16.8 Å². The van der Waals surface area contributed by atoms with E-state index >= 15 is 0 Å². The van der Waals surface area contributed by atoms with E-state index in [2.05, 4.69) is 20.7 Å². The fraction of sp³-hybridized carbons (Fsp3) is 0.125. The van der Waals surface area contributed by atoms with Crippen molar-refractivity contribution in [3.8, 4) is 0 Å². The molecule has 2 heterocycles. The second-order valence-corrected chi connectivity index (χ2v) is 7.60. The van der Waals surface area contributed by atoms with Crippen LogP contribution in [0, 0.1) is 0 Å². The highest BCUT2D eigenvalue weighted by atomic mass is 16.6. The van der Waals surface area contributed by atoms with E-state index in [0.717, 1.165) is 26.5 Å². The standard InChI is InChI=1S/C24H22N6O3/c31-23(18-9-5-8-17-15-16-7-1-2-10-19(16)27-22(17)18)25-13-6-14-26-24-28-30(33)21-12-4-3-11-20(21)29(24)32/h1-5,7-12,15,32-33H,6,13-14H2,(H,25,31)(H,26,28). The van der Waals surface area contributed by atoms with E-state index in [1.54, 1.807) is 30.3 Å². The van der Waals surface area contributed by atoms with Gasteiger partial charge in [0, 0.05) is 23.9 Å². The summed E-state index contributed by atoms with van der Waals surface area (Å²) >= 11 is 0. The van der Waals surface area contributed by atoms with Crippen LogP contribution >= 0.6 is 0 Å². The molecule has 0 saturated heterocycles. The normalized spacial score (nSPS) is 14.4. The van der Waals surface area contributed by atoms with Gasteiger partial charge >= 0.3 is 0 Å². The Morgan fingerprint density at radius 3 is 2.61 bits per heavy atom. The molecule has 33 heavy (non-hydrogen) atoms. The molecule has 0 unspecified atom stereocenters. The maximum Gasteiger partial charge on any atom is 0.253 e. The molecule has 0 atom stereocenters. The number of benzene rings is 3. The number of hydrogen-bond donors (Lipinski definition) is 4. The number of hydrazine groups is 1. The topological polar surface area (TPSA) is 113 Å². The second kappa shape index (κ2) is 8.73. The Morgan fingerprint density at radius 2 is 1.73 bits per heavy atom. The van der Waals surface area contributed by atoms with Crippen LogP contribution in [-0.2, 0) is 0 Å². The zero-order valence-corrected chi connectivity index (χ0v) is 17.6. The Morgan fingerprint density at radius 1 is 0.970 bits per heavy atom. The molecule has 0 bridgehead atoms. The summed E-state index contributed by atoms with van der Waals surface area (Å²) in [4.78, 5) is 21.8. The number of fused-ring (bicyclic) bond motifs is 3. The molecule has 0 fully saturated rings. The molecule has 0 spiro atoms. The largest absolute Gasteiger partial charge is 0.352 e. The molecule has 0 radical (unpaired) electrons. The van der Waals surface area contributed by atoms with E-state index in [4.69, 9.17) is 0 Å². The number of guanidine groups is 1. The lowest BCUT2D eigenvalue weighted by Gasteiger charge is -2.32. The molecule has 5 rings (SSSR count). The number of rotatable bonds is 5. The lowest BCUT2D eigenvalue weighted by atomic mass is 10.1. The van der Waals surface area contributed by atoms with Crippen LogP contribution < -0.4 is 21.0 Å². The van der Waals surface area contributed by atoms with Gasteiger partial charge in [0.25, 0.3) is 5.91 Å². The molecule has 166 valence electrons. The van der Waals surface area contributed by atoms with E-state index in [1.807, 2.05) is 42.5 Å². The fourth-order valence-electron chi connectivity index (χ4n) is 3.79. The summed E-state index contributed by atoms with van der Waals surface area (Å²) in [5.74, 6) is -0.112. The summed E-state index contributed by atoms with van der Waals surface area (Å²) in [6.45, 7) is 0.721. The Kier molecular flexibility index (Phi) is 5.47. The van der Waals surface area contributed by atoms with E-state index in [0.29, 0.717) is 42.0 Å². The summed E-state index contributed by atoms with van der Waals surface area (Å²) < 4.78 is 0. The highest BCUT2D eigenvalue weighted by Crippen LogP contribution is 2.29. The SMILES string of the molecule is O=C(NCCCN=C1NN(O)c2ccccc2N1O)c1cccc2cc3ccccc3nc12. The number of aliphatic imine (C=N–C) groups is 1. The number of nitrogens with one attached hydrogen (secondary N) is 2. The molecule has 1 aromatic heterocycles. The number of hydrogen-bond acceptors (Lipinski definition) is 6. The highest BCUT2D eigenvalue weighted by molar-refractivity contribution is 6.07. The number of anilines is 2. The number of nitrogens with zero attached hydrogens (tertiary/aromatic N) is 4. The van der Waals surface area contributed by atoms with Gasteiger partial charge in [-0.1, -0.05) is 42.5 Å². The monoisotopic (exact) mass is 442 g/mol. The fourth-order valence-corrected chi connectivity index (χ4v) is 3.79. The Balaban J connectivity index is 1.23. The Hall–Kier alpha value is -4.21. The van der Waals surface area contributed by atoms with Gasteiger partial charge in [0.1, 0.15) is 11.4 Å². The second-order valence-electron chi connectivity index (χ2n) is 7.60. The van der Waals surface area contributed by atoms with Crippen LogP contribution in [0.2, 0.25) is 0 Å². The number of carbonyl (C=O) groups excluding carboxylic acids is 1. The van der Waals surface area contributed by atoms with Crippen LogP contribution in [0.5, 0.6) is 0 Å². The molecule has 0 aliphatic carbocycles. The number of carbonyl (C=O) groups is 1. The van der Waals surface area contributed by atoms with E-state index in [1.165, 1.54) is 0 Å². The third-order valence-electron chi connectivity index (χ3n) is 5.42. The van der Waals surface area contributed by atoms with E-state index in [9.17, 15) is 15.2 Å². The number of amides is 1. The zero-order chi connectivity index (χ0) is 22.8. The lowest BCUT2D eigenvalue weighted by Crippen LogP contribution is -2.52. The molecule has 0 saturated carbocycles. The average Bonchev–Trinajstić information content (AvgIpc) is 2.85. The summed E-state index contributed by atoms with van der Waals surface area (Å²) in [6, 6.07) is 22.2. The minimum absolute atomic E-state index is 0.0904. The highest BCUT2D eigenvalue weighted by Gasteiger charge is 2.25. The average molecular weight is 442 g/mol. The van der Waals surface area contributed by atoms with Gasteiger partial charge in [0.15, 0.2) is 0 Å². The summed E-state index contributed by atoms with van der Waals surface area (Å²) in [6.07, 6.45) is 0.541. The van der Waals surface area contributed by atoms with Gasteiger partial charge < -0.3 is 5.32 Å². The molecule has 4 aromatic rings. The minimum Gasteiger partial charge on any atom is -0.352 e. The first-order valence-electron chi connectivity index (χ1n) is 10.6. The first-order valence-corrected chi connectivity index (χ1v) is 10.6. The maximum atomic E-state index is 12.8. The molecule has 1 aliphatic heterocycles. The van der Waals surface area contributed by atoms with Gasteiger partial charge in [-0.3, -0.25) is 15.2 Å². The third-order valence-corrected chi connectivity index (χ3v) is 5.42. The van der Waals surface area contributed by atoms with Crippen molar-refractivity contribution < 1.29 is 15.2 Å². The smallest absolute Gasteiger partial charge is 0.253 e. The number of pyridine rings is 1. The van der Waals surface area contributed by atoms with E-state index in [-0.39, 0.29) is 11.9 Å². The summed E-state index contributed by atoms with van der Waals surface area (Å²) in [5.41, 5.74) is 5.44. The van der Waals surface area contributed by atoms with Crippen molar-refractivity contribution in [3.63, 3.8) is 0 Å². The number of hydroxylamine groups is 1. The predicted molar refractivity (Wildman–Crippen MR) is 127 cm³/mol. The predicted octanol–water partition coefficient (Wildman–Crippen LogP) is 3.47. The molecule has 9 nitrogen and oxygen atoms in total. The van der Waals surface area contributed by atoms with Crippen LogP contribution in [-0.4, -0.2) is 40.4 Å². The van der Waals surface area contributed by atoms with Crippen LogP contribution in [0.3, 0.4) is 0 Å². The first kappa shape index (κ1) is 20.7. The quantitative estimate of drug-likeness (QED) is 0.276. The molecule has 4 N–H and O–H groups in total. The number of aromatic nitrogens is 1. The van der Waals surface area contributed by atoms with Gasteiger partial charge in [-0.25, -0.2) is 15.4 Å². The van der Waals surface area contributed by atoms with E-state index < -0.39 is 0 Å². The lowest BCUT2D eigenvalue weighted by molar-refractivity contribution is 0.0955. The van der Waals surface area contributed by atoms with Crippen molar-refractivity contribution in [1.82, 2.24) is 15.7 Å². The van der Waals surface area contributed by atoms with Gasteiger partial charge in [-0.15, -0.1) is 0 Å². The van der Waals surface area contributed by atoms with Crippen LogP contribution in [0.25, 0.3) is 21.8 Å². The van der Waals surface area contributed by atoms with Gasteiger partial charge in [-0.05, 0) is 36.8 Å². The Bertz CT molecular complexity index is 1370. The van der Waals surface area contributed by atoms with Crippen molar-refractivity contribution in [2.45, 2.75) is 6.42 Å². The summed E-state index contributed by atoms with van der Waals surface area (Å²) in [5, 5.41) is 26.9. The molecular formula is C24H22N6O3. The molecular weight excluding hydrogens is 420 g/mol. The van der Waals surface area contributed by atoms with Crippen molar-refractivity contribution in [2.75, 3.05) is 23.3 Å². The molecule has 9 heteroatoms. The van der Waals surface area contributed by atoms with Gasteiger partial charge in [0.05, 0.1) is 16.6 Å². The van der Waals surface area contributed by atoms with Crippen LogP contribution in [0.4, 0.5) is 11.4 Å². The van der Waals surface area contributed by atoms with Crippen molar-refractivity contribution in [1.29, 1.82) is 0 Å². The third kappa shape index (κ3) is 4.02. The molecule has 3 aromatic carbocycles. The Labute approximate surface area is 189 Å². The first-order chi connectivity index (χ1) is 16.1. The zero-order valence-electron chi connectivity index (χ0n) is 17.6. The van der Waals surface area contributed by atoms with Crippen LogP contribution in [0.15, 0.2) is 77.8 Å². The molecule has 1 aliphatic rings. The number of para-hydroxylation sites is 4. The van der Waals surface area contributed by atoms with Gasteiger partial charge in [0.2, 0.25) is 5.96 Å². The maximum absolute atomic E-state index is 12.8. The van der Waals surface area contributed by atoms with Crippen molar-refractivity contribution in [2.24, 2.45) is 4.99 Å². The van der Waals surface area contributed by atoms with Crippen molar-refractivity contribution >= 4 is 45.0 Å². The summed E-state index contributed by atoms with van der Waals surface area (Å²) in [7, 11) is 0. The van der Waals surface area contributed by atoms with Crippen molar-refractivity contribution in [3.05, 3.63) is 78.4 Å². The molecule has 1 amide bonds. The van der Waals surface area contributed by atoms with Gasteiger partial charge in [-0.2, -0.15) is 10.2 Å². The minimum atomic E-state index is -0.203.